The topological polar surface area (TPSA) is 27.3 Å². The molecule has 13 heavy (non-hydrogen) atoms. The Morgan fingerprint density at radius 2 is 1.92 bits per heavy atom. The molecule has 1 fully saturated rings. The van der Waals surface area contributed by atoms with Gasteiger partial charge in [-0.25, -0.2) is 0 Å². The zero-order chi connectivity index (χ0) is 9.52. The zero-order valence-corrected chi connectivity index (χ0v) is 8.97. The van der Waals surface area contributed by atoms with Gasteiger partial charge in [0.05, 0.1) is 0 Å². The average molecular weight is 185 g/mol. The van der Waals surface area contributed by atoms with Crippen LogP contribution < -0.4 is 10.6 Å². The van der Waals surface area contributed by atoms with Crippen molar-refractivity contribution in [1.29, 1.82) is 0 Å². The Balaban J connectivity index is 2.03. The fraction of sp³-hybridized carbons (Fsp3) is 1.00. The van der Waals surface area contributed by atoms with Crippen molar-refractivity contribution in [3.05, 3.63) is 0 Å². The van der Waals surface area contributed by atoms with Crippen molar-refractivity contribution in [2.45, 2.75) is 25.8 Å². The molecule has 0 amide bonds. The molecule has 0 unspecified atom stereocenters. The highest BCUT2D eigenvalue weighted by Crippen LogP contribution is 2.08. The first-order chi connectivity index (χ1) is 6.36. The Labute approximate surface area is 81.9 Å². The van der Waals surface area contributed by atoms with Gasteiger partial charge >= 0.3 is 0 Å². The second-order valence-corrected chi connectivity index (χ2v) is 3.77. The summed E-state index contributed by atoms with van der Waals surface area (Å²) < 4.78 is 0. The lowest BCUT2D eigenvalue weighted by atomic mass is 10.1. The summed E-state index contributed by atoms with van der Waals surface area (Å²) >= 11 is 0. The third-order valence-corrected chi connectivity index (χ3v) is 2.84. The molecule has 0 aliphatic carbocycles. The fourth-order valence-electron chi connectivity index (χ4n) is 1.85. The predicted molar refractivity (Wildman–Crippen MR) is 57.1 cm³/mol. The number of piperidine rings is 1. The van der Waals surface area contributed by atoms with Crippen LogP contribution >= 0.6 is 0 Å². The van der Waals surface area contributed by atoms with Gasteiger partial charge in [-0.1, -0.05) is 6.92 Å². The molecule has 1 aliphatic rings. The number of rotatable bonds is 5. The van der Waals surface area contributed by atoms with Crippen LogP contribution in [0.3, 0.4) is 0 Å². The van der Waals surface area contributed by atoms with Crippen molar-refractivity contribution < 1.29 is 0 Å². The summed E-state index contributed by atoms with van der Waals surface area (Å²) in [5, 5.41) is 6.73. The maximum absolute atomic E-state index is 3.58. The molecule has 2 N–H and O–H groups in total. The molecule has 1 heterocycles. The molecule has 78 valence electrons. The summed E-state index contributed by atoms with van der Waals surface area (Å²) in [6, 6.07) is 0.760. The van der Waals surface area contributed by atoms with Gasteiger partial charge in [0.15, 0.2) is 0 Å². The first-order valence-corrected chi connectivity index (χ1v) is 5.47. The van der Waals surface area contributed by atoms with Crippen LogP contribution in [0.2, 0.25) is 0 Å². The highest BCUT2D eigenvalue weighted by atomic mass is 15.1. The summed E-state index contributed by atoms with van der Waals surface area (Å²) in [5.41, 5.74) is 0. The molecule has 0 bridgehead atoms. The summed E-state index contributed by atoms with van der Waals surface area (Å²) in [7, 11) is 2.00. The van der Waals surface area contributed by atoms with Gasteiger partial charge in [0.1, 0.15) is 0 Å². The van der Waals surface area contributed by atoms with Crippen LogP contribution in [0.1, 0.15) is 19.8 Å². The van der Waals surface area contributed by atoms with E-state index in [0.717, 1.165) is 19.1 Å². The quantitative estimate of drug-likeness (QED) is 0.603. The van der Waals surface area contributed by atoms with E-state index in [1.54, 1.807) is 0 Å². The lowest BCUT2D eigenvalue weighted by Gasteiger charge is -2.31. The SMILES string of the molecule is CCN1CCC(NCCNC)CC1. The van der Waals surface area contributed by atoms with Crippen molar-refractivity contribution in [1.82, 2.24) is 15.5 Å². The largest absolute Gasteiger partial charge is 0.318 e. The van der Waals surface area contributed by atoms with E-state index in [0.29, 0.717) is 0 Å². The normalized spacial score (nSPS) is 20.8. The molecular weight excluding hydrogens is 162 g/mol. The number of hydrogen-bond acceptors (Lipinski definition) is 3. The minimum atomic E-state index is 0.760. The fourth-order valence-corrected chi connectivity index (χ4v) is 1.85. The minimum Gasteiger partial charge on any atom is -0.318 e. The minimum absolute atomic E-state index is 0.760. The van der Waals surface area contributed by atoms with Crippen LogP contribution in [0, 0.1) is 0 Å². The predicted octanol–water partition coefficient (Wildman–Crippen LogP) is 0.280. The van der Waals surface area contributed by atoms with Crippen LogP contribution in [-0.2, 0) is 0 Å². The van der Waals surface area contributed by atoms with E-state index in [4.69, 9.17) is 0 Å². The van der Waals surface area contributed by atoms with Gasteiger partial charge in [0.25, 0.3) is 0 Å². The van der Waals surface area contributed by atoms with Crippen molar-refractivity contribution >= 4 is 0 Å². The molecule has 0 radical (unpaired) electrons. The molecule has 1 rings (SSSR count). The van der Waals surface area contributed by atoms with Crippen LogP contribution in [-0.4, -0.2) is 50.7 Å². The Morgan fingerprint density at radius 1 is 1.23 bits per heavy atom. The molecule has 1 aliphatic heterocycles. The summed E-state index contributed by atoms with van der Waals surface area (Å²) in [6.45, 7) is 8.18. The number of hydrogen-bond donors (Lipinski definition) is 2. The molecule has 1 saturated heterocycles. The van der Waals surface area contributed by atoms with E-state index >= 15 is 0 Å². The second-order valence-electron chi connectivity index (χ2n) is 3.77. The number of likely N-dealkylation sites (N-methyl/N-ethyl adjacent to an activating group) is 1. The molecule has 0 saturated carbocycles. The molecule has 0 spiro atoms. The van der Waals surface area contributed by atoms with Crippen molar-refractivity contribution in [2.24, 2.45) is 0 Å². The van der Waals surface area contributed by atoms with Gasteiger partial charge in [-0.05, 0) is 39.5 Å². The van der Waals surface area contributed by atoms with Gasteiger partial charge in [0.2, 0.25) is 0 Å². The summed E-state index contributed by atoms with van der Waals surface area (Å²) in [5.74, 6) is 0. The summed E-state index contributed by atoms with van der Waals surface area (Å²) in [6.07, 6.45) is 2.63. The second kappa shape index (κ2) is 6.35. The zero-order valence-electron chi connectivity index (χ0n) is 8.97. The van der Waals surface area contributed by atoms with E-state index in [2.05, 4.69) is 22.5 Å². The van der Waals surface area contributed by atoms with E-state index in [1.165, 1.54) is 32.5 Å². The molecule has 0 aromatic rings. The molecule has 3 nitrogen and oxygen atoms in total. The number of likely N-dealkylation sites (tertiary alicyclic amines) is 1. The lowest BCUT2D eigenvalue weighted by Crippen LogP contribution is -2.43. The lowest BCUT2D eigenvalue weighted by molar-refractivity contribution is 0.207. The van der Waals surface area contributed by atoms with Crippen LogP contribution in [0.25, 0.3) is 0 Å². The van der Waals surface area contributed by atoms with E-state index < -0.39 is 0 Å². The molecule has 0 atom stereocenters. The smallest absolute Gasteiger partial charge is 0.00919 e. The first-order valence-electron chi connectivity index (χ1n) is 5.47. The molecular formula is C10H23N3. The van der Waals surface area contributed by atoms with E-state index in [1.807, 2.05) is 7.05 Å². The van der Waals surface area contributed by atoms with Crippen molar-refractivity contribution in [2.75, 3.05) is 39.8 Å². The monoisotopic (exact) mass is 185 g/mol. The van der Waals surface area contributed by atoms with Gasteiger partial charge in [-0.15, -0.1) is 0 Å². The Bertz CT molecular complexity index is 117. The van der Waals surface area contributed by atoms with Gasteiger partial charge in [-0.3, -0.25) is 0 Å². The highest BCUT2D eigenvalue weighted by Gasteiger charge is 2.16. The Hall–Kier alpha value is -0.120. The third-order valence-electron chi connectivity index (χ3n) is 2.84. The van der Waals surface area contributed by atoms with Crippen LogP contribution in [0.5, 0.6) is 0 Å². The molecule has 0 aromatic carbocycles. The standard InChI is InChI=1S/C10H23N3/c1-3-13-8-4-10(5-9-13)12-7-6-11-2/h10-12H,3-9H2,1-2H3. The Morgan fingerprint density at radius 3 is 2.46 bits per heavy atom. The van der Waals surface area contributed by atoms with Crippen molar-refractivity contribution in [3.8, 4) is 0 Å². The third kappa shape index (κ3) is 4.07. The van der Waals surface area contributed by atoms with E-state index in [-0.39, 0.29) is 0 Å². The highest BCUT2D eigenvalue weighted by molar-refractivity contribution is 4.76. The molecule has 3 heteroatoms. The maximum Gasteiger partial charge on any atom is 0.00919 e. The van der Waals surface area contributed by atoms with Gasteiger partial charge in [0, 0.05) is 19.1 Å². The first kappa shape index (κ1) is 11.0. The van der Waals surface area contributed by atoms with Gasteiger partial charge < -0.3 is 15.5 Å². The van der Waals surface area contributed by atoms with E-state index in [9.17, 15) is 0 Å². The molecule has 0 aromatic heterocycles. The Kier molecular flexibility index (Phi) is 5.35. The number of nitrogens with one attached hydrogen (secondary N) is 2. The number of nitrogens with zero attached hydrogens (tertiary/aromatic N) is 1. The van der Waals surface area contributed by atoms with Crippen molar-refractivity contribution in [3.63, 3.8) is 0 Å². The average Bonchev–Trinajstić information content (AvgIpc) is 2.19. The van der Waals surface area contributed by atoms with Gasteiger partial charge in [-0.2, -0.15) is 0 Å². The summed E-state index contributed by atoms with van der Waals surface area (Å²) in [4.78, 5) is 2.52. The van der Waals surface area contributed by atoms with Crippen LogP contribution in [0.15, 0.2) is 0 Å². The maximum atomic E-state index is 3.58. The van der Waals surface area contributed by atoms with Crippen LogP contribution in [0.4, 0.5) is 0 Å².